The summed E-state index contributed by atoms with van der Waals surface area (Å²) in [5.74, 6) is -1.61. The van der Waals surface area contributed by atoms with Gasteiger partial charge in [0.25, 0.3) is 0 Å². The zero-order valence-corrected chi connectivity index (χ0v) is 23.8. The van der Waals surface area contributed by atoms with E-state index in [1.807, 2.05) is 10.9 Å². The number of primary amides is 1. The molecule has 0 spiro atoms. The molecule has 2 aliphatic rings. The van der Waals surface area contributed by atoms with Crippen molar-refractivity contribution in [2.75, 3.05) is 6.54 Å². The van der Waals surface area contributed by atoms with Crippen LogP contribution in [0.3, 0.4) is 0 Å². The number of sulfonamides is 1. The van der Waals surface area contributed by atoms with E-state index in [9.17, 15) is 22.0 Å². The maximum absolute atomic E-state index is 14.8. The molecule has 42 heavy (non-hydrogen) atoms. The monoisotopic (exact) mass is 588 g/mol. The highest BCUT2D eigenvalue weighted by molar-refractivity contribution is 7.89. The summed E-state index contributed by atoms with van der Waals surface area (Å²) in [6.45, 7) is 2.10. The molecule has 0 radical (unpaired) electrons. The Hall–Kier alpha value is -4.15. The largest absolute Gasteiger partial charge is 0.366 e. The van der Waals surface area contributed by atoms with Gasteiger partial charge in [-0.15, -0.1) is 0 Å². The average molecular weight is 589 g/mol. The number of amides is 1. The summed E-state index contributed by atoms with van der Waals surface area (Å²) in [4.78, 5) is 11.7. The second kappa shape index (κ2) is 10.9. The van der Waals surface area contributed by atoms with Crippen molar-refractivity contribution in [3.63, 3.8) is 0 Å². The Morgan fingerprint density at radius 3 is 2.57 bits per heavy atom. The SMILES string of the molecule is C[C@@H]1C2=C(CC[C@@H]2CN(Cc2ccccc2F)S(=O)(=O)c2cccc(C(N)=O)c2)Cc2c1cnn2-c1ccc(F)cc1. The Balaban J connectivity index is 1.34. The summed E-state index contributed by atoms with van der Waals surface area (Å²) in [5, 5.41) is 4.61. The number of allylic oxidation sites excluding steroid dienone is 1. The summed E-state index contributed by atoms with van der Waals surface area (Å²) in [7, 11) is -4.12. The molecule has 2 aliphatic carbocycles. The van der Waals surface area contributed by atoms with Gasteiger partial charge in [0, 0.05) is 42.1 Å². The lowest BCUT2D eigenvalue weighted by Gasteiger charge is -2.31. The number of rotatable bonds is 8. The predicted octanol–water partition coefficient (Wildman–Crippen LogP) is 5.51. The number of fused-ring (bicyclic) bond motifs is 1. The quantitative estimate of drug-likeness (QED) is 0.275. The summed E-state index contributed by atoms with van der Waals surface area (Å²) in [5.41, 5.74) is 11.1. The minimum atomic E-state index is -4.12. The highest BCUT2D eigenvalue weighted by Crippen LogP contribution is 2.47. The highest BCUT2D eigenvalue weighted by Gasteiger charge is 2.39. The Labute approximate surface area is 243 Å². The lowest BCUT2D eigenvalue weighted by molar-refractivity contribution is 0.1000. The van der Waals surface area contributed by atoms with Crippen molar-refractivity contribution in [1.82, 2.24) is 14.1 Å². The van der Waals surface area contributed by atoms with Gasteiger partial charge in [-0.2, -0.15) is 9.40 Å². The summed E-state index contributed by atoms with van der Waals surface area (Å²) in [6, 6.07) is 18.0. The van der Waals surface area contributed by atoms with Crippen molar-refractivity contribution in [2.45, 2.75) is 43.5 Å². The molecule has 2 N–H and O–H groups in total. The van der Waals surface area contributed by atoms with Gasteiger partial charge in [0.1, 0.15) is 11.6 Å². The first-order valence-electron chi connectivity index (χ1n) is 13.8. The zero-order valence-electron chi connectivity index (χ0n) is 23.0. The summed E-state index contributed by atoms with van der Waals surface area (Å²) < 4.78 is 59.5. The molecule has 6 rings (SSSR count). The number of carbonyl (C=O) groups is 1. The van der Waals surface area contributed by atoms with Gasteiger partial charge < -0.3 is 5.73 Å². The van der Waals surface area contributed by atoms with E-state index < -0.39 is 21.7 Å². The molecule has 0 fully saturated rings. The molecule has 1 heterocycles. The van der Waals surface area contributed by atoms with Crippen LogP contribution in [-0.2, 0) is 23.0 Å². The first-order valence-corrected chi connectivity index (χ1v) is 15.3. The van der Waals surface area contributed by atoms with Crippen LogP contribution in [0.2, 0.25) is 0 Å². The van der Waals surface area contributed by atoms with Crippen LogP contribution < -0.4 is 5.73 Å². The predicted molar refractivity (Wildman–Crippen MR) is 154 cm³/mol. The first-order chi connectivity index (χ1) is 20.1. The van der Waals surface area contributed by atoms with Gasteiger partial charge in [0.05, 0.1) is 22.5 Å². The van der Waals surface area contributed by atoms with Gasteiger partial charge in [-0.3, -0.25) is 4.79 Å². The molecule has 1 amide bonds. The van der Waals surface area contributed by atoms with E-state index in [0.717, 1.165) is 29.8 Å². The van der Waals surface area contributed by atoms with Crippen LogP contribution in [-0.4, -0.2) is 35.0 Å². The van der Waals surface area contributed by atoms with E-state index in [2.05, 4.69) is 12.0 Å². The van der Waals surface area contributed by atoms with Crippen LogP contribution in [0.5, 0.6) is 0 Å². The van der Waals surface area contributed by atoms with E-state index in [4.69, 9.17) is 5.73 Å². The number of hydrogen-bond acceptors (Lipinski definition) is 4. The maximum atomic E-state index is 14.8. The fourth-order valence-corrected chi connectivity index (χ4v) is 7.86. The molecule has 0 aliphatic heterocycles. The molecule has 0 unspecified atom stereocenters. The Bertz CT molecular complexity index is 1820. The van der Waals surface area contributed by atoms with Crippen LogP contribution >= 0.6 is 0 Å². The number of nitrogens with two attached hydrogens (primary N) is 1. The van der Waals surface area contributed by atoms with Crippen LogP contribution in [0, 0.1) is 17.6 Å². The smallest absolute Gasteiger partial charge is 0.248 e. The molecule has 1 aromatic heterocycles. The molecule has 2 atom stereocenters. The fraction of sp³-hybridized carbons (Fsp3) is 0.250. The van der Waals surface area contributed by atoms with Crippen LogP contribution in [0.4, 0.5) is 8.78 Å². The number of aromatic nitrogens is 2. The normalized spacial score (nSPS) is 18.3. The zero-order chi connectivity index (χ0) is 29.6. The number of benzene rings is 3. The lowest BCUT2D eigenvalue weighted by Crippen LogP contribution is -2.36. The van der Waals surface area contributed by atoms with Gasteiger partial charge in [-0.1, -0.05) is 42.3 Å². The highest BCUT2D eigenvalue weighted by atomic mass is 32.2. The topological polar surface area (TPSA) is 98.3 Å². The summed E-state index contributed by atoms with van der Waals surface area (Å²) >= 11 is 0. The van der Waals surface area contributed by atoms with E-state index >= 15 is 0 Å². The van der Waals surface area contributed by atoms with Crippen molar-refractivity contribution in [1.29, 1.82) is 0 Å². The van der Waals surface area contributed by atoms with Gasteiger partial charge in [-0.05, 0) is 67.3 Å². The lowest BCUT2D eigenvalue weighted by atomic mass is 9.80. The minimum Gasteiger partial charge on any atom is -0.366 e. The van der Waals surface area contributed by atoms with E-state index in [1.54, 1.807) is 30.3 Å². The maximum Gasteiger partial charge on any atom is 0.248 e. The van der Waals surface area contributed by atoms with Crippen molar-refractivity contribution in [3.05, 3.63) is 124 Å². The van der Waals surface area contributed by atoms with Gasteiger partial charge in [0.2, 0.25) is 15.9 Å². The third-order valence-electron chi connectivity index (χ3n) is 8.41. The third kappa shape index (κ3) is 5.05. The van der Waals surface area contributed by atoms with Crippen molar-refractivity contribution in [3.8, 4) is 5.69 Å². The molecular formula is C32H30F2N4O3S. The van der Waals surface area contributed by atoms with Crippen molar-refractivity contribution < 1.29 is 22.0 Å². The van der Waals surface area contributed by atoms with Crippen LogP contribution in [0.25, 0.3) is 5.69 Å². The summed E-state index contributed by atoms with van der Waals surface area (Å²) in [6.07, 6.45) is 4.08. The molecular weight excluding hydrogens is 558 g/mol. The Morgan fingerprint density at radius 2 is 1.83 bits per heavy atom. The van der Waals surface area contributed by atoms with E-state index in [-0.39, 0.29) is 46.8 Å². The molecule has 10 heteroatoms. The second-order valence-electron chi connectivity index (χ2n) is 10.9. The molecule has 0 saturated heterocycles. The Morgan fingerprint density at radius 1 is 1.07 bits per heavy atom. The van der Waals surface area contributed by atoms with Gasteiger partial charge >= 0.3 is 0 Å². The standard InChI is InChI=1S/C32H30F2N4O3S/c1-20-28-17-36-38(26-13-11-25(33)12-14-26)30(28)16-21-9-10-24(31(20)21)19-37(18-23-5-2-3-8-29(23)34)42(40,41)27-7-4-6-22(15-27)32(35)39/h2-8,11-15,17,20,24H,9-10,16,18-19H2,1H3,(H2,35,39)/t20-,24+/m0/s1. The number of carbonyl (C=O) groups excluding carboxylic acids is 1. The number of nitrogens with zero attached hydrogens (tertiary/aromatic N) is 3. The third-order valence-corrected chi connectivity index (χ3v) is 10.2. The fourth-order valence-electron chi connectivity index (χ4n) is 6.35. The van der Waals surface area contributed by atoms with Gasteiger partial charge in [-0.25, -0.2) is 21.9 Å². The van der Waals surface area contributed by atoms with Crippen molar-refractivity contribution in [2.24, 2.45) is 11.7 Å². The molecule has 0 saturated carbocycles. The second-order valence-corrected chi connectivity index (χ2v) is 12.8. The first kappa shape index (κ1) is 28.0. The average Bonchev–Trinajstić information content (AvgIpc) is 3.59. The van der Waals surface area contributed by atoms with Crippen LogP contribution in [0.1, 0.15) is 52.9 Å². The molecule has 216 valence electrons. The Kier molecular flexibility index (Phi) is 7.28. The van der Waals surface area contributed by atoms with E-state index in [1.165, 1.54) is 57.9 Å². The molecule has 4 aromatic rings. The van der Waals surface area contributed by atoms with Crippen molar-refractivity contribution >= 4 is 15.9 Å². The minimum absolute atomic E-state index is 0.00153. The number of halogens is 2. The van der Waals surface area contributed by atoms with E-state index in [0.29, 0.717) is 6.42 Å². The van der Waals surface area contributed by atoms with Crippen LogP contribution in [0.15, 0.2) is 95.0 Å². The molecule has 7 nitrogen and oxygen atoms in total. The van der Waals surface area contributed by atoms with Gasteiger partial charge in [0.15, 0.2) is 0 Å². The molecule has 3 aromatic carbocycles. The number of hydrogen-bond donors (Lipinski definition) is 1. The molecule has 0 bridgehead atoms.